The van der Waals surface area contributed by atoms with Gasteiger partial charge in [-0.05, 0) is 43.0 Å². The van der Waals surface area contributed by atoms with Crippen LogP contribution in [0.4, 0.5) is 4.39 Å². The summed E-state index contributed by atoms with van der Waals surface area (Å²) in [6.45, 7) is 4.23. The highest BCUT2D eigenvalue weighted by molar-refractivity contribution is 14.0. The Hall–Kier alpha value is -0.500. The summed E-state index contributed by atoms with van der Waals surface area (Å²) in [6, 6.07) is 6.54. The number of thioether (sulfide) groups is 1. The smallest absolute Gasteiger partial charge is 0.191 e. The third-order valence-electron chi connectivity index (χ3n) is 2.47. The van der Waals surface area contributed by atoms with E-state index in [0.717, 1.165) is 36.8 Å². The molecule has 1 rings (SSSR count). The second kappa shape index (κ2) is 12.3. The molecule has 0 aliphatic carbocycles. The molecule has 0 aromatic heterocycles. The molecular formula is C14H23FIN3S. The van der Waals surface area contributed by atoms with Gasteiger partial charge in [0.05, 0.1) is 6.54 Å². The number of hydrogen-bond acceptors (Lipinski definition) is 2. The van der Waals surface area contributed by atoms with Gasteiger partial charge in [0.15, 0.2) is 5.96 Å². The Balaban J connectivity index is 0.00000361. The Morgan fingerprint density at radius 1 is 1.35 bits per heavy atom. The molecule has 0 bridgehead atoms. The van der Waals surface area contributed by atoms with Gasteiger partial charge in [0.2, 0.25) is 0 Å². The van der Waals surface area contributed by atoms with Crippen LogP contribution in [0.2, 0.25) is 0 Å². The quantitative estimate of drug-likeness (QED) is 0.313. The van der Waals surface area contributed by atoms with Gasteiger partial charge in [-0.2, -0.15) is 11.8 Å². The molecule has 2 N–H and O–H groups in total. The third kappa shape index (κ3) is 8.63. The minimum Gasteiger partial charge on any atom is -0.357 e. The average molecular weight is 411 g/mol. The molecule has 0 aliphatic rings. The minimum atomic E-state index is -0.217. The zero-order valence-electron chi connectivity index (χ0n) is 12.0. The molecule has 0 amide bonds. The zero-order chi connectivity index (χ0) is 13.9. The molecule has 114 valence electrons. The molecule has 0 heterocycles. The summed E-state index contributed by atoms with van der Waals surface area (Å²) in [6.07, 6.45) is 3.20. The molecule has 6 heteroatoms. The van der Waals surface area contributed by atoms with E-state index in [-0.39, 0.29) is 29.8 Å². The fourth-order valence-corrected chi connectivity index (χ4v) is 2.00. The van der Waals surface area contributed by atoms with Gasteiger partial charge in [0, 0.05) is 13.1 Å². The van der Waals surface area contributed by atoms with Crippen molar-refractivity contribution in [3.8, 4) is 0 Å². The maximum absolute atomic E-state index is 13.0. The normalized spacial score (nSPS) is 10.8. The Morgan fingerprint density at radius 3 is 2.80 bits per heavy atom. The van der Waals surface area contributed by atoms with E-state index in [0.29, 0.717) is 6.54 Å². The Bertz CT molecular complexity index is 402. The predicted octanol–water partition coefficient (Wildman–Crippen LogP) is 3.25. The Labute approximate surface area is 142 Å². The van der Waals surface area contributed by atoms with E-state index in [9.17, 15) is 4.39 Å². The highest BCUT2D eigenvalue weighted by Crippen LogP contribution is 2.04. The summed E-state index contributed by atoms with van der Waals surface area (Å²) in [5.74, 6) is 1.70. The highest BCUT2D eigenvalue weighted by Gasteiger charge is 1.98. The lowest BCUT2D eigenvalue weighted by molar-refractivity contribution is 0.625. The van der Waals surface area contributed by atoms with Crippen molar-refractivity contribution >= 4 is 41.7 Å². The van der Waals surface area contributed by atoms with E-state index in [1.807, 2.05) is 24.8 Å². The van der Waals surface area contributed by atoms with E-state index in [2.05, 4.69) is 21.9 Å². The topological polar surface area (TPSA) is 36.4 Å². The lowest BCUT2D eigenvalue weighted by atomic mass is 10.2. The molecule has 0 aliphatic heterocycles. The second-order valence-corrected chi connectivity index (χ2v) is 5.08. The van der Waals surface area contributed by atoms with E-state index in [1.54, 1.807) is 6.07 Å². The molecule has 0 spiro atoms. The summed E-state index contributed by atoms with van der Waals surface area (Å²) in [5, 5.41) is 6.45. The number of nitrogens with zero attached hydrogens (tertiary/aromatic N) is 1. The monoisotopic (exact) mass is 411 g/mol. The largest absolute Gasteiger partial charge is 0.357 e. The Kier molecular flexibility index (Phi) is 12.0. The van der Waals surface area contributed by atoms with E-state index in [4.69, 9.17) is 0 Å². The number of hydrogen-bond donors (Lipinski definition) is 2. The van der Waals surface area contributed by atoms with Crippen molar-refractivity contribution in [1.82, 2.24) is 10.6 Å². The van der Waals surface area contributed by atoms with Crippen LogP contribution in [0, 0.1) is 5.82 Å². The van der Waals surface area contributed by atoms with Gasteiger partial charge in [-0.1, -0.05) is 12.1 Å². The predicted molar refractivity (Wildman–Crippen MR) is 97.6 cm³/mol. The third-order valence-corrected chi connectivity index (χ3v) is 3.17. The van der Waals surface area contributed by atoms with Crippen LogP contribution >= 0.6 is 35.7 Å². The summed E-state index contributed by atoms with van der Waals surface area (Å²) in [5.41, 5.74) is 0.876. The molecular weight excluding hydrogens is 388 g/mol. The average Bonchev–Trinajstić information content (AvgIpc) is 2.41. The molecule has 0 atom stereocenters. The molecule has 1 aromatic carbocycles. The van der Waals surface area contributed by atoms with Crippen LogP contribution < -0.4 is 10.6 Å². The van der Waals surface area contributed by atoms with E-state index >= 15 is 0 Å². The maximum Gasteiger partial charge on any atom is 0.191 e. The van der Waals surface area contributed by atoms with Crippen LogP contribution in [-0.4, -0.2) is 31.1 Å². The molecule has 0 unspecified atom stereocenters. The summed E-state index contributed by atoms with van der Waals surface area (Å²) in [4.78, 5) is 4.44. The number of guanidine groups is 1. The van der Waals surface area contributed by atoms with Gasteiger partial charge in [0.25, 0.3) is 0 Å². The van der Waals surface area contributed by atoms with Crippen molar-refractivity contribution in [3.05, 3.63) is 35.6 Å². The van der Waals surface area contributed by atoms with Gasteiger partial charge in [-0.3, -0.25) is 0 Å². The molecule has 0 saturated carbocycles. The molecule has 0 saturated heterocycles. The van der Waals surface area contributed by atoms with Crippen LogP contribution in [0.5, 0.6) is 0 Å². The number of benzene rings is 1. The number of nitrogens with one attached hydrogen (secondary N) is 2. The lowest BCUT2D eigenvalue weighted by Gasteiger charge is -2.10. The minimum absolute atomic E-state index is 0. The van der Waals surface area contributed by atoms with Gasteiger partial charge < -0.3 is 10.6 Å². The number of halogens is 2. The number of aliphatic imine (C=N–C) groups is 1. The van der Waals surface area contributed by atoms with Gasteiger partial charge in [-0.15, -0.1) is 24.0 Å². The molecule has 0 radical (unpaired) electrons. The standard InChI is InChI=1S/C14H22FN3S.HI/c1-3-16-14(17-8-5-9-19-2)18-11-12-6-4-7-13(15)10-12;/h4,6-7,10H,3,5,8-9,11H2,1-2H3,(H2,16,17,18);1H. The molecule has 3 nitrogen and oxygen atoms in total. The van der Waals surface area contributed by atoms with Crippen LogP contribution in [-0.2, 0) is 6.54 Å². The first-order valence-electron chi connectivity index (χ1n) is 6.51. The Morgan fingerprint density at radius 2 is 2.15 bits per heavy atom. The first-order chi connectivity index (χ1) is 9.26. The first-order valence-corrected chi connectivity index (χ1v) is 7.91. The van der Waals surface area contributed by atoms with E-state index < -0.39 is 0 Å². The summed E-state index contributed by atoms with van der Waals surface area (Å²) < 4.78 is 13.0. The van der Waals surface area contributed by atoms with Gasteiger partial charge in [-0.25, -0.2) is 9.38 Å². The first kappa shape index (κ1) is 19.5. The van der Waals surface area contributed by atoms with Crippen molar-refractivity contribution in [1.29, 1.82) is 0 Å². The van der Waals surface area contributed by atoms with Crippen molar-refractivity contribution < 1.29 is 4.39 Å². The van der Waals surface area contributed by atoms with Crippen LogP contribution in [0.1, 0.15) is 18.9 Å². The van der Waals surface area contributed by atoms with Crippen molar-refractivity contribution in [2.75, 3.05) is 25.1 Å². The molecule has 1 aromatic rings. The van der Waals surface area contributed by atoms with Crippen molar-refractivity contribution in [2.45, 2.75) is 19.9 Å². The van der Waals surface area contributed by atoms with Crippen LogP contribution in [0.15, 0.2) is 29.3 Å². The van der Waals surface area contributed by atoms with E-state index in [1.165, 1.54) is 12.1 Å². The van der Waals surface area contributed by atoms with Crippen LogP contribution in [0.3, 0.4) is 0 Å². The summed E-state index contributed by atoms with van der Waals surface area (Å²) in [7, 11) is 0. The highest BCUT2D eigenvalue weighted by atomic mass is 127. The second-order valence-electron chi connectivity index (χ2n) is 4.10. The summed E-state index contributed by atoms with van der Waals surface area (Å²) >= 11 is 1.84. The zero-order valence-corrected chi connectivity index (χ0v) is 15.1. The van der Waals surface area contributed by atoms with Crippen molar-refractivity contribution in [3.63, 3.8) is 0 Å². The molecule has 0 fully saturated rings. The fourth-order valence-electron chi connectivity index (χ4n) is 1.57. The fraction of sp³-hybridized carbons (Fsp3) is 0.500. The van der Waals surface area contributed by atoms with Gasteiger partial charge in [0.1, 0.15) is 5.82 Å². The maximum atomic E-state index is 13.0. The van der Waals surface area contributed by atoms with Crippen molar-refractivity contribution in [2.24, 2.45) is 4.99 Å². The van der Waals surface area contributed by atoms with Crippen LogP contribution in [0.25, 0.3) is 0 Å². The van der Waals surface area contributed by atoms with Gasteiger partial charge >= 0.3 is 0 Å². The lowest BCUT2D eigenvalue weighted by Crippen LogP contribution is -2.37. The SMILES string of the molecule is CCNC(=NCc1cccc(F)c1)NCCCSC.I. The molecule has 20 heavy (non-hydrogen) atoms. The number of rotatable bonds is 7.